The summed E-state index contributed by atoms with van der Waals surface area (Å²) in [5, 5.41) is 21.6. The number of benzene rings is 1. The van der Waals surface area contributed by atoms with Crippen LogP contribution in [0.3, 0.4) is 0 Å². The molecule has 2 rings (SSSR count). The molecule has 0 atom stereocenters. The van der Waals surface area contributed by atoms with Gasteiger partial charge in [0.1, 0.15) is 18.6 Å². The van der Waals surface area contributed by atoms with E-state index < -0.39 is 12.6 Å². The molecule has 0 fully saturated rings. The van der Waals surface area contributed by atoms with Crippen molar-refractivity contribution >= 4 is 17.6 Å². The zero-order valence-corrected chi connectivity index (χ0v) is 10.3. The molecule has 0 radical (unpaired) electrons. The van der Waals surface area contributed by atoms with Crippen LogP contribution in [0.15, 0.2) is 30.6 Å². The Kier molecular flexibility index (Phi) is 4.22. The van der Waals surface area contributed by atoms with Crippen LogP contribution in [-0.2, 0) is 16.1 Å². The van der Waals surface area contributed by atoms with Crippen molar-refractivity contribution in [1.29, 1.82) is 0 Å². The lowest BCUT2D eigenvalue weighted by atomic mass is 10.3. The smallest absolute Gasteiger partial charge is 0.341 e. The number of aromatic nitrogens is 4. The van der Waals surface area contributed by atoms with Crippen molar-refractivity contribution in [3.8, 4) is 5.75 Å². The highest BCUT2D eigenvalue weighted by Gasteiger charge is 2.09. The first kappa shape index (κ1) is 13.5. The highest BCUT2D eigenvalue weighted by atomic mass is 16.5. The third-order valence-corrected chi connectivity index (χ3v) is 2.21. The Morgan fingerprint density at radius 3 is 2.85 bits per heavy atom. The molecule has 0 spiro atoms. The van der Waals surface area contributed by atoms with Gasteiger partial charge in [-0.1, -0.05) is 12.1 Å². The fourth-order valence-corrected chi connectivity index (χ4v) is 1.42. The van der Waals surface area contributed by atoms with E-state index in [4.69, 9.17) is 9.84 Å². The largest absolute Gasteiger partial charge is 0.480 e. The number of carbonyl (C=O) groups excluding carboxylic acids is 1. The number of tetrazole rings is 1. The van der Waals surface area contributed by atoms with Crippen LogP contribution in [0.25, 0.3) is 0 Å². The van der Waals surface area contributed by atoms with Crippen LogP contribution in [-0.4, -0.2) is 43.8 Å². The molecule has 1 aromatic heterocycles. The number of aliphatic carboxylic acids is 1. The minimum absolute atomic E-state index is 0.0553. The van der Waals surface area contributed by atoms with E-state index in [2.05, 4.69) is 20.8 Å². The van der Waals surface area contributed by atoms with Crippen molar-refractivity contribution in [1.82, 2.24) is 20.2 Å². The number of nitrogens with one attached hydrogen (secondary N) is 1. The highest BCUT2D eigenvalue weighted by molar-refractivity contribution is 5.92. The molecule has 0 saturated carbocycles. The maximum Gasteiger partial charge on any atom is 0.341 e. The van der Waals surface area contributed by atoms with Crippen LogP contribution >= 0.6 is 0 Å². The lowest BCUT2D eigenvalue weighted by Crippen LogP contribution is -2.20. The number of hydrogen-bond acceptors (Lipinski definition) is 6. The van der Waals surface area contributed by atoms with Gasteiger partial charge in [0.25, 0.3) is 0 Å². The highest BCUT2D eigenvalue weighted by Crippen LogP contribution is 2.23. The molecule has 9 heteroatoms. The Morgan fingerprint density at radius 1 is 1.35 bits per heavy atom. The number of amides is 1. The molecule has 0 aliphatic heterocycles. The average Bonchev–Trinajstić information content (AvgIpc) is 2.90. The van der Waals surface area contributed by atoms with Gasteiger partial charge >= 0.3 is 5.97 Å². The molecule has 20 heavy (non-hydrogen) atoms. The molecule has 2 N–H and O–H groups in total. The molecule has 1 aromatic carbocycles. The number of hydrogen-bond donors (Lipinski definition) is 2. The van der Waals surface area contributed by atoms with E-state index in [9.17, 15) is 9.59 Å². The van der Waals surface area contributed by atoms with Crippen molar-refractivity contribution < 1.29 is 19.4 Å². The van der Waals surface area contributed by atoms with Crippen molar-refractivity contribution in [2.45, 2.75) is 6.54 Å². The van der Waals surface area contributed by atoms with E-state index >= 15 is 0 Å². The number of ether oxygens (including phenoxy) is 1. The van der Waals surface area contributed by atoms with Gasteiger partial charge in [-0.25, -0.2) is 9.48 Å². The zero-order valence-electron chi connectivity index (χ0n) is 10.3. The molecule has 0 aliphatic rings. The number of para-hydroxylation sites is 2. The van der Waals surface area contributed by atoms with Crippen LogP contribution < -0.4 is 10.1 Å². The number of carboxylic acid groups (broad SMARTS) is 1. The monoisotopic (exact) mass is 277 g/mol. The van der Waals surface area contributed by atoms with Gasteiger partial charge in [-0.2, -0.15) is 0 Å². The maximum absolute atomic E-state index is 11.8. The van der Waals surface area contributed by atoms with Gasteiger partial charge in [0, 0.05) is 0 Å². The minimum Gasteiger partial charge on any atom is -0.480 e. The molecule has 1 heterocycles. The summed E-state index contributed by atoms with van der Waals surface area (Å²) in [5.41, 5.74) is 0.381. The topological polar surface area (TPSA) is 119 Å². The number of nitrogens with zero attached hydrogens (tertiary/aromatic N) is 4. The Balaban J connectivity index is 2.01. The van der Waals surface area contributed by atoms with E-state index in [-0.39, 0.29) is 18.2 Å². The quantitative estimate of drug-likeness (QED) is 0.748. The maximum atomic E-state index is 11.8. The molecule has 0 aliphatic carbocycles. The molecule has 0 unspecified atom stereocenters. The minimum atomic E-state index is -1.10. The van der Waals surface area contributed by atoms with Crippen LogP contribution in [0.1, 0.15) is 0 Å². The van der Waals surface area contributed by atoms with Gasteiger partial charge in [0.2, 0.25) is 5.91 Å². The van der Waals surface area contributed by atoms with Crippen LogP contribution in [0.4, 0.5) is 5.69 Å². The first-order chi connectivity index (χ1) is 9.65. The molecular weight excluding hydrogens is 266 g/mol. The zero-order chi connectivity index (χ0) is 14.4. The lowest BCUT2D eigenvalue weighted by molar-refractivity contribution is -0.139. The summed E-state index contributed by atoms with van der Waals surface area (Å²) in [6.45, 7) is -0.542. The summed E-state index contributed by atoms with van der Waals surface area (Å²) in [4.78, 5) is 22.3. The fourth-order valence-electron chi connectivity index (χ4n) is 1.42. The van der Waals surface area contributed by atoms with Crippen molar-refractivity contribution in [3.05, 3.63) is 30.6 Å². The second kappa shape index (κ2) is 6.27. The van der Waals surface area contributed by atoms with Gasteiger partial charge in [-0.15, -0.1) is 5.10 Å². The third-order valence-electron chi connectivity index (χ3n) is 2.21. The second-order valence-electron chi connectivity index (χ2n) is 3.73. The van der Waals surface area contributed by atoms with Crippen LogP contribution in [0, 0.1) is 0 Å². The lowest BCUT2D eigenvalue weighted by Gasteiger charge is -2.10. The Hall–Kier alpha value is -2.97. The molecule has 0 bridgehead atoms. The van der Waals surface area contributed by atoms with Crippen LogP contribution in [0.2, 0.25) is 0 Å². The van der Waals surface area contributed by atoms with E-state index in [1.165, 1.54) is 11.0 Å². The molecule has 1 amide bonds. The molecule has 9 nitrogen and oxygen atoms in total. The molecular formula is C11H11N5O4. The SMILES string of the molecule is O=C(O)COc1ccccc1NC(=O)Cn1cnnn1. The summed E-state index contributed by atoms with van der Waals surface area (Å²) in [6, 6.07) is 6.54. The summed E-state index contributed by atoms with van der Waals surface area (Å²) >= 11 is 0. The van der Waals surface area contributed by atoms with Gasteiger partial charge in [0.05, 0.1) is 5.69 Å². The summed E-state index contributed by atoms with van der Waals surface area (Å²) in [7, 11) is 0. The fraction of sp³-hybridized carbons (Fsp3) is 0.182. The standard InChI is InChI=1S/C11H11N5O4/c17-10(5-16-7-12-14-15-16)13-8-3-1-2-4-9(8)20-6-11(18)19/h1-4,7H,5-6H2,(H,13,17)(H,18,19). The number of carbonyl (C=O) groups is 2. The Bertz CT molecular complexity index is 599. The number of rotatable bonds is 6. The predicted molar refractivity (Wildman–Crippen MR) is 66.0 cm³/mol. The van der Waals surface area contributed by atoms with Crippen molar-refractivity contribution in [3.63, 3.8) is 0 Å². The average molecular weight is 277 g/mol. The first-order valence-corrected chi connectivity index (χ1v) is 5.59. The summed E-state index contributed by atoms with van der Waals surface area (Å²) in [6.07, 6.45) is 1.31. The van der Waals surface area contributed by atoms with E-state index in [1.807, 2.05) is 0 Å². The van der Waals surface area contributed by atoms with Crippen LogP contribution in [0.5, 0.6) is 5.75 Å². The van der Waals surface area contributed by atoms with Crippen molar-refractivity contribution in [2.24, 2.45) is 0 Å². The van der Waals surface area contributed by atoms with Gasteiger partial charge in [-0.3, -0.25) is 4.79 Å². The van der Waals surface area contributed by atoms with E-state index in [1.54, 1.807) is 24.3 Å². The molecule has 104 valence electrons. The Morgan fingerprint density at radius 2 is 2.15 bits per heavy atom. The van der Waals surface area contributed by atoms with Crippen molar-refractivity contribution in [2.75, 3.05) is 11.9 Å². The van der Waals surface area contributed by atoms with E-state index in [0.29, 0.717) is 5.69 Å². The summed E-state index contributed by atoms with van der Waals surface area (Å²) < 4.78 is 6.33. The van der Waals surface area contributed by atoms with Gasteiger partial charge in [-0.05, 0) is 22.6 Å². The van der Waals surface area contributed by atoms with Gasteiger partial charge < -0.3 is 15.2 Å². The Labute approximate surface area is 113 Å². The second-order valence-corrected chi connectivity index (χ2v) is 3.73. The predicted octanol–water partition coefficient (Wildman–Crippen LogP) is -0.225. The number of anilines is 1. The molecule has 2 aromatic rings. The normalized spacial score (nSPS) is 10.0. The van der Waals surface area contributed by atoms with Gasteiger partial charge in [0.15, 0.2) is 6.61 Å². The third kappa shape index (κ3) is 3.77. The summed E-state index contributed by atoms with van der Waals surface area (Å²) in [5.74, 6) is -1.18. The van der Waals surface area contributed by atoms with E-state index in [0.717, 1.165) is 0 Å². The number of carboxylic acids is 1. The first-order valence-electron chi connectivity index (χ1n) is 5.59. The molecule has 0 saturated heterocycles.